The zero-order valence-electron chi connectivity index (χ0n) is 11.0. The Morgan fingerprint density at radius 3 is 2.70 bits per heavy atom. The van der Waals surface area contributed by atoms with E-state index in [-0.39, 0.29) is 0 Å². The quantitative estimate of drug-likeness (QED) is 0.583. The summed E-state index contributed by atoms with van der Waals surface area (Å²) < 4.78 is 0. The van der Waals surface area contributed by atoms with Gasteiger partial charge in [0.25, 0.3) is 0 Å². The minimum atomic E-state index is -1.32. The van der Waals surface area contributed by atoms with Crippen molar-refractivity contribution in [1.82, 2.24) is 10.6 Å². The topological polar surface area (TPSA) is 122 Å². The van der Waals surface area contributed by atoms with Gasteiger partial charge in [-0.3, -0.25) is 4.79 Å². The van der Waals surface area contributed by atoms with E-state index in [2.05, 4.69) is 10.6 Å². The number of carboxylic acids is 1. The van der Waals surface area contributed by atoms with Crippen LogP contribution < -0.4 is 16.4 Å². The summed E-state index contributed by atoms with van der Waals surface area (Å²) in [6, 6.07) is 0.0165. The lowest BCUT2D eigenvalue weighted by molar-refractivity contribution is -0.140. The molecule has 0 fully saturated rings. The zero-order chi connectivity index (χ0) is 15.1. The van der Waals surface area contributed by atoms with Crippen molar-refractivity contribution in [2.75, 3.05) is 0 Å². The normalized spacial score (nSPS) is 11.7. The van der Waals surface area contributed by atoms with E-state index in [0.29, 0.717) is 6.54 Å². The predicted molar refractivity (Wildman–Crippen MR) is 74.3 cm³/mol. The predicted octanol–water partition coefficient (Wildman–Crippen LogP) is 0.438. The molecule has 0 aliphatic carbocycles. The van der Waals surface area contributed by atoms with Crippen molar-refractivity contribution in [3.63, 3.8) is 0 Å². The van der Waals surface area contributed by atoms with Crippen LogP contribution in [-0.4, -0.2) is 29.1 Å². The lowest BCUT2D eigenvalue weighted by atomic mass is 10.2. The number of hydrogen-bond acceptors (Lipinski definition) is 4. The van der Waals surface area contributed by atoms with Crippen molar-refractivity contribution < 1.29 is 19.5 Å². The molecule has 1 aromatic heterocycles. The number of urea groups is 1. The number of carbonyl (C=O) groups excluding carboxylic acids is 2. The number of rotatable bonds is 7. The molecule has 1 heterocycles. The minimum Gasteiger partial charge on any atom is -0.480 e. The van der Waals surface area contributed by atoms with E-state index in [1.54, 1.807) is 0 Å². The summed E-state index contributed by atoms with van der Waals surface area (Å²) in [5.41, 5.74) is 6.06. The number of thiophene rings is 1. The van der Waals surface area contributed by atoms with Gasteiger partial charge in [0.15, 0.2) is 0 Å². The molecule has 0 saturated carbocycles. The molecule has 0 aromatic carbocycles. The first-order valence-corrected chi connectivity index (χ1v) is 6.92. The van der Waals surface area contributed by atoms with Crippen LogP contribution in [-0.2, 0) is 22.6 Å². The number of amides is 3. The monoisotopic (exact) mass is 299 g/mol. The summed E-state index contributed by atoms with van der Waals surface area (Å²) in [5, 5.41) is 15.6. The third-order valence-corrected chi connectivity index (χ3v) is 3.60. The largest absolute Gasteiger partial charge is 0.480 e. The molecule has 3 amide bonds. The molecular formula is C12H17N3O4S. The number of carboxylic acid groups (broad SMARTS) is 1. The molecule has 0 saturated heterocycles. The number of aliphatic carboxylic acids is 1. The minimum absolute atomic E-state index is 0.315. The van der Waals surface area contributed by atoms with Crippen molar-refractivity contribution in [2.24, 2.45) is 5.73 Å². The molecule has 0 radical (unpaired) electrons. The fraction of sp³-hybridized carbons (Fsp3) is 0.417. The van der Waals surface area contributed by atoms with E-state index in [4.69, 9.17) is 10.8 Å². The fourth-order valence-corrected chi connectivity index (χ4v) is 2.52. The van der Waals surface area contributed by atoms with Gasteiger partial charge in [0.1, 0.15) is 6.04 Å². The van der Waals surface area contributed by atoms with E-state index in [9.17, 15) is 14.4 Å². The van der Waals surface area contributed by atoms with Gasteiger partial charge in [0, 0.05) is 4.88 Å². The van der Waals surface area contributed by atoms with Gasteiger partial charge < -0.3 is 21.5 Å². The Kier molecular flexibility index (Phi) is 5.98. The lowest BCUT2D eigenvalue weighted by Crippen LogP contribution is -2.47. The van der Waals surface area contributed by atoms with E-state index < -0.39 is 30.4 Å². The van der Waals surface area contributed by atoms with Gasteiger partial charge in [-0.05, 0) is 23.4 Å². The van der Waals surface area contributed by atoms with Gasteiger partial charge in [-0.1, -0.05) is 6.92 Å². The van der Waals surface area contributed by atoms with Crippen LogP contribution >= 0.6 is 11.3 Å². The van der Waals surface area contributed by atoms with Crippen LogP contribution in [0.5, 0.6) is 0 Å². The van der Waals surface area contributed by atoms with Crippen molar-refractivity contribution in [1.29, 1.82) is 0 Å². The maximum atomic E-state index is 11.6. The highest BCUT2D eigenvalue weighted by molar-refractivity contribution is 7.10. The molecule has 1 rings (SSSR count). The number of aryl methyl sites for hydroxylation is 1. The zero-order valence-corrected chi connectivity index (χ0v) is 11.8. The number of nitrogens with one attached hydrogen (secondary N) is 2. The molecule has 0 aliphatic heterocycles. The van der Waals surface area contributed by atoms with E-state index >= 15 is 0 Å². The summed E-state index contributed by atoms with van der Waals surface area (Å²) in [6.45, 7) is 2.33. The summed E-state index contributed by atoms with van der Waals surface area (Å²) in [4.78, 5) is 34.2. The molecule has 110 valence electrons. The molecule has 7 nitrogen and oxygen atoms in total. The van der Waals surface area contributed by atoms with Crippen molar-refractivity contribution >= 4 is 29.2 Å². The Morgan fingerprint density at radius 1 is 1.45 bits per heavy atom. The van der Waals surface area contributed by atoms with Crippen LogP contribution in [0.3, 0.4) is 0 Å². The number of primary amides is 1. The highest BCUT2D eigenvalue weighted by Crippen LogP contribution is 2.16. The summed E-state index contributed by atoms with van der Waals surface area (Å²) >= 11 is 1.52. The second-order valence-corrected chi connectivity index (χ2v) is 5.11. The molecule has 0 spiro atoms. The third-order valence-electron chi connectivity index (χ3n) is 2.64. The molecule has 5 N–H and O–H groups in total. The van der Waals surface area contributed by atoms with Crippen LogP contribution in [0.1, 0.15) is 23.8 Å². The van der Waals surface area contributed by atoms with Gasteiger partial charge in [-0.25, -0.2) is 9.59 Å². The Bertz CT molecular complexity index is 501. The number of carbonyl (C=O) groups is 3. The number of hydrogen-bond donors (Lipinski definition) is 4. The standard InChI is InChI=1S/C12H17N3O4S/c1-2-7-3-4-20-9(7)6-14-12(19)15-8(11(17)18)5-10(13)16/h3-4,8H,2,5-6H2,1H3,(H2,13,16)(H,17,18)(H2,14,15,19)/t8-/m1/s1. The van der Waals surface area contributed by atoms with E-state index in [0.717, 1.165) is 16.9 Å². The molecule has 1 aromatic rings. The smallest absolute Gasteiger partial charge is 0.326 e. The molecule has 0 unspecified atom stereocenters. The molecule has 8 heteroatoms. The van der Waals surface area contributed by atoms with Crippen LogP contribution in [0.25, 0.3) is 0 Å². The first kappa shape index (κ1) is 16.0. The Hall–Kier alpha value is -2.09. The average molecular weight is 299 g/mol. The average Bonchev–Trinajstić information content (AvgIpc) is 2.82. The Labute approximate surface area is 120 Å². The van der Waals surface area contributed by atoms with Crippen LogP contribution in [0, 0.1) is 0 Å². The maximum Gasteiger partial charge on any atom is 0.326 e. The highest BCUT2D eigenvalue weighted by Gasteiger charge is 2.22. The second-order valence-electron chi connectivity index (χ2n) is 4.11. The van der Waals surface area contributed by atoms with Crippen molar-refractivity contribution in [3.8, 4) is 0 Å². The summed E-state index contributed by atoms with van der Waals surface area (Å²) in [7, 11) is 0. The molecule has 20 heavy (non-hydrogen) atoms. The molecule has 0 aliphatic rings. The molecule has 1 atom stereocenters. The fourth-order valence-electron chi connectivity index (χ4n) is 1.61. The van der Waals surface area contributed by atoms with Crippen LogP contribution in [0.15, 0.2) is 11.4 Å². The first-order valence-electron chi connectivity index (χ1n) is 6.04. The number of nitrogens with two attached hydrogens (primary N) is 1. The van der Waals surface area contributed by atoms with Crippen molar-refractivity contribution in [2.45, 2.75) is 32.4 Å². The van der Waals surface area contributed by atoms with Gasteiger partial charge in [-0.2, -0.15) is 0 Å². The second kappa shape index (κ2) is 7.49. The molecular weight excluding hydrogens is 282 g/mol. The van der Waals surface area contributed by atoms with Gasteiger partial charge in [-0.15, -0.1) is 11.3 Å². The van der Waals surface area contributed by atoms with Gasteiger partial charge in [0.2, 0.25) is 5.91 Å². The van der Waals surface area contributed by atoms with Gasteiger partial charge >= 0.3 is 12.0 Å². The van der Waals surface area contributed by atoms with Crippen LogP contribution in [0.4, 0.5) is 4.79 Å². The van der Waals surface area contributed by atoms with E-state index in [1.165, 1.54) is 11.3 Å². The summed E-state index contributed by atoms with van der Waals surface area (Å²) in [5.74, 6) is -2.09. The Morgan fingerprint density at radius 2 is 2.15 bits per heavy atom. The first-order chi connectivity index (χ1) is 9.43. The Balaban J connectivity index is 2.50. The van der Waals surface area contributed by atoms with Crippen LogP contribution in [0.2, 0.25) is 0 Å². The molecule has 0 bridgehead atoms. The third kappa shape index (κ3) is 4.88. The lowest BCUT2D eigenvalue weighted by Gasteiger charge is -2.13. The SMILES string of the molecule is CCc1ccsc1CNC(=O)N[C@H](CC(N)=O)C(=O)O. The highest BCUT2D eigenvalue weighted by atomic mass is 32.1. The maximum absolute atomic E-state index is 11.6. The van der Waals surface area contributed by atoms with Gasteiger partial charge in [0.05, 0.1) is 13.0 Å². The van der Waals surface area contributed by atoms with E-state index in [1.807, 2.05) is 18.4 Å². The summed E-state index contributed by atoms with van der Waals surface area (Å²) in [6.07, 6.45) is 0.420. The van der Waals surface area contributed by atoms with Crippen molar-refractivity contribution in [3.05, 3.63) is 21.9 Å².